The molecule has 1 saturated heterocycles. The molecule has 0 radical (unpaired) electrons. The summed E-state index contributed by atoms with van der Waals surface area (Å²) in [6.45, 7) is -0.147. The Morgan fingerprint density at radius 3 is 2.53 bits per heavy atom. The summed E-state index contributed by atoms with van der Waals surface area (Å²) >= 11 is 25.6. The van der Waals surface area contributed by atoms with Gasteiger partial charge in [-0.05, 0) is 78.5 Å². The molecule has 0 atom stereocenters. The van der Waals surface area contributed by atoms with Crippen LogP contribution in [-0.2, 0) is 16.1 Å². The van der Waals surface area contributed by atoms with E-state index in [0.29, 0.717) is 58.5 Å². The SMILES string of the molecule is O=C(COc1ccc(Cl)cc1/C=C1\S/C(=N/N=C\c2cccc(Cl)c2Cl)N(Cc2ccco2)C1=O)Nc1ccc(Cl)cc1. The molecule has 2 heterocycles. The van der Waals surface area contributed by atoms with E-state index in [-0.39, 0.29) is 25.0 Å². The topological polar surface area (TPSA) is 96.5 Å². The molecule has 1 aromatic heterocycles. The maximum atomic E-state index is 13.5. The summed E-state index contributed by atoms with van der Waals surface area (Å²) in [5, 5.41) is 13.2. The van der Waals surface area contributed by atoms with Gasteiger partial charge in [0.2, 0.25) is 0 Å². The number of rotatable bonds is 9. The number of carbonyl (C=O) groups excluding carboxylic acids is 2. The zero-order chi connectivity index (χ0) is 30.3. The van der Waals surface area contributed by atoms with Crippen LogP contribution in [0.25, 0.3) is 6.08 Å². The van der Waals surface area contributed by atoms with Gasteiger partial charge in [0.1, 0.15) is 11.5 Å². The Hall–Kier alpha value is -3.73. The molecule has 2 amide bonds. The van der Waals surface area contributed by atoms with Gasteiger partial charge in [-0.2, -0.15) is 5.10 Å². The summed E-state index contributed by atoms with van der Waals surface area (Å²) in [4.78, 5) is 27.8. The van der Waals surface area contributed by atoms with E-state index in [0.717, 1.165) is 11.8 Å². The third-order valence-electron chi connectivity index (χ3n) is 5.85. The zero-order valence-electron chi connectivity index (χ0n) is 22.0. The van der Waals surface area contributed by atoms with Crippen molar-refractivity contribution in [1.82, 2.24) is 4.90 Å². The minimum Gasteiger partial charge on any atom is -0.483 e. The number of halogens is 4. The van der Waals surface area contributed by atoms with E-state index in [4.69, 9.17) is 55.6 Å². The molecular formula is C30H20Cl4N4O4S. The lowest BCUT2D eigenvalue weighted by molar-refractivity contribution is -0.122. The molecule has 0 spiro atoms. The number of ether oxygens (including phenoxy) is 1. The first-order valence-electron chi connectivity index (χ1n) is 12.5. The number of anilines is 1. The lowest BCUT2D eigenvalue weighted by Gasteiger charge is -2.13. The third kappa shape index (κ3) is 8.01. The smallest absolute Gasteiger partial charge is 0.267 e. The van der Waals surface area contributed by atoms with Gasteiger partial charge in [-0.1, -0.05) is 58.5 Å². The quantitative estimate of drug-likeness (QED) is 0.109. The monoisotopic (exact) mass is 672 g/mol. The van der Waals surface area contributed by atoms with Crippen molar-refractivity contribution in [2.45, 2.75) is 6.54 Å². The largest absolute Gasteiger partial charge is 0.483 e. The van der Waals surface area contributed by atoms with E-state index in [1.54, 1.807) is 78.9 Å². The molecule has 1 N–H and O–H groups in total. The number of carbonyl (C=O) groups is 2. The van der Waals surface area contributed by atoms with Gasteiger partial charge in [0.15, 0.2) is 11.8 Å². The van der Waals surface area contributed by atoms with E-state index in [1.165, 1.54) is 17.4 Å². The number of nitrogens with one attached hydrogen (secondary N) is 1. The van der Waals surface area contributed by atoms with Crippen LogP contribution >= 0.6 is 58.2 Å². The first-order valence-corrected chi connectivity index (χ1v) is 14.9. The van der Waals surface area contributed by atoms with Gasteiger partial charge in [0, 0.05) is 26.9 Å². The predicted octanol–water partition coefficient (Wildman–Crippen LogP) is 8.42. The van der Waals surface area contributed by atoms with Gasteiger partial charge in [0.25, 0.3) is 11.8 Å². The number of hydrogen-bond donors (Lipinski definition) is 1. The van der Waals surface area contributed by atoms with Crippen molar-refractivity contribution in [2.75, 3.05) is 11.9 Å². The number of amidine groups is 1. The summed E-state index contributed by atoms with van der Waals surface area (Å²) in [7, 11) is 0. The second-order valence-corrected chi connectivity index (χ2v) is 11.5. The van der Waals surface area contributed by atoms with Crippen molar-refractivity contribution < 1.29 is 18.7 Å². The highest BCUT2D eigenvalue weighted by Gasteiger charge is 2.34. The lowest BCUT2D eigenvalue weighted by atomic mass is 10.2. The fraction of sp³-hybridized carbons (Fsp3) is 0.0667. The van der Waals surface area contributed by atoms with Gasteiger partial charge in [0.05, 0.1) is 34.0 Å². The fourth-order valence-electron chi connectivity index (χ4n) is 3.82. The second-order valence-electron chi connectivity index (χ2n) is 8.88. The van der Waals surface area contributed by atoms with Crippen molar-refractivity contribution in [2.24, 2.45) is 10.2 Å². The van der Waals surface area contributed by atoms with Gasteiger partial charge in [-0.15, -0.1) is 5.10 Å². The molecule has 8 nitrogen and oxygen atoms in total. The Morgan fingerprint density at radius 1 is 0.977 bits per heavy atom. The fourth-order valence-corrected chi connectivity index (χ4v) is 5.41. The maximum absolute atomic E-state index is 13.5. The molecule has 0 saturated carbocycles. The van der Waals surface area contributed by atoms with E-state index in [1.807, 2.05) is 0 Å². The van der Waals surface area contributed by atoms with Crippen LogP contribution in [0.1, 0.15) is 16.9 Å². The molecule has 218 valence electrons. The van der Waals surface area contributed by atoms with Crippen LogP contribution in [0.2, 0.25) is 20.1 Å². The number of amides is 2. The first-order chi connectivity index (χ1) is 20.8. The molecular weight excluding hydrogens is 654 g/mol. The molecule has 13 heteroatoms. The zero-order valence-corrected chi connectivity index (χ0v) is 25.8. The average Bonchev–Trinajstić information content (AvgIpc) is 3.60. The van der Waals surface area contributed by atoms with Crippen LogP contribution in [0.3, 0.4) is 0 Å². The van der Waals surface area contributed by atoms with Crippen molar-refractivity contribution in [3.63, 3.8) is 0 Å². The van der Waals surface area contributed by atoms with Crippen molar-refractivity contribution in [3.05, 3.63) is 121 Å². The second kappa shape index (κ2) is 14.2. The number of nitrogens with zero attached hydrogens (tertiary/aromatic N) is 3. The van der Waals surface area contributed by atoms with Crippen LogP contribution < -0.4 is 10.1 Å². The number of furan rings is 1. The Bertz CT molecular complexity index is 1740. The van der Waals surface area contributed by atoms with Crippen LogP contribution in [-0.4, -0.2) is 34.7 Å². The third-order valence-corrected chi connectivity index (χ3v) is 8.17. The van der Waals surface area contributed by atoms with E-state index in [9.17, 15) is 9.59 Å². The number of thioether (sulfide) groups is 1. The normalized spacial score (nSPS) is 15.2. The Labute approximate surface area is 270 Å². The highest BCUT2D eigenvalue weighted by atomic mass is 35.5. The van der Waals surface area contributed by atoms with Gasteiger partial charge in [-0.25, -0.2) is 0 Å². The summed E-state index contributed by atoms with van der Waals surface area (Å²) < 4.78 is 11.3. The molecule has 0 bridgehead atoms. The highest BCUT2D eigenvalue weighted by Crippen LogP contribution is 2.36. The van der Waals surface area contributed by atoms with Crippen LogP contribution in [0.5, 0.6) is 5.75 Å². The number of benzene rings is 3. The minimum absolute atomic E-state index is 0.131. The summed E-state index contributed by atoms with van der Waals surface area (Å²) in [5.41, 5.74) is 1.64. The Balaban J connectivity index is 1.38. The first kappa shape index (κ1) is 30.7. The van der Waals surface area contributed by atoms with Crippen LogP contribution in [0.4, 0.5) is 5.69 Å². The molecule has 1 aliphatic rings. The summed E-state index contributed by atoms with van der Waals surface area (Å²) in [5.74, 6) is 0.206. The highest BCUT2D eigenvalue weighted by molar-refractivity contribution is 8.18. The molecule has 3 aromatic carbocycles. The standard InChI is InChI=1S/C30H20Cl4N4O4S/c31-20-6-9-22(10-7-20)36-27(39)17-42-25-11-8-21(32)13-19(25)14-26-29(40)38(16-23-4-2-12-41-23)30(43-26)37-35-15-18-3-1-5-24(33)28(18)34/h1-15H,16-17H2,(H,36,39)/b26-14-,35-15-,37-30+. The van der Waals surface area contributed by atoms with Gasteiger partial charge in [-0.3, -0.25) is 14.5 Å². The molecule has 5 rings (SSSR count). The maximum Gasteiger partial charge on any atom is 0.267 e. The van der Waals surface area contributed by atoms with E-state index >= 15 is 0 Å². The van der Waals surface area contributed by atoms with Crippen molar-refractivity contribution in [1.29, 1.82) is 0 Å². The van der Waals surface area contributed by atoms with Crippen molar-refractivity contribution in [3.8, 4) is 5.75 Å². The van der Waals surface area contributed by atoms with E-state index < -0.39 is 0 Å². The number of hydrogen-bond acceptors (Lipinski definition) is 7. The molecule has 43 heavy (non-hydrogen) atoms. The lowest BCUT2D eigenvalue weighted by Crippen LogP contribution is -2.28. The molecule has 0 aliphatic carbocycles. The minimum atomic E-state index is -0.376. The van der Waals surface area contributed by atoms with Crippen molar-refractivity contribution >= 4 is 93.1 Å². The molecule has 1 fully saturated rings. The van der Waals surface area contributed by atoms with E-state index in [2.05, 4.69) is 15.5 Å². The van der Waals surface area contributed by atoms with Gasteiger partial charge < -0.3 is 14.5 Å². The summed E-state index contributed by atoms with van der Waals surface area (Å²) in [6, 6.07) is 20.2. The summed E-state index contributed by atoms with van der Waals surface area (Å²) in [6.07, 6.45) is 4.60. The Morgan fingerprint density at radius 2 is 1.77 bits per heavy atom. The molecule has 4 aromatic rings. The predicted molar refractivity (Wildman–Crippen MR) is 173 cm³/mol. The van der Waals surface area contributed by atoms with Gasteiger partial charge >= 0.3 is 0 Å². The van der Waals surface area contributed by atoms with Crippen LogP contribution in [0.15, 0.2) is 98.6 Å². The molecule has 1 aliphatic heterocycles. The molecule has 0 unspecified atom stereocenters. The van der Waals surface area contributed by atoms with Crippen LogP contribution in [0, 0.1) is 0 Å². The average molecular weight is 674 g/mol. The Kier molecular flexibility index (Phi) is 10.1.